The van der Waals surface area contributed by atoms with E-state index in [2.05, 4.69) is 6.58 Å². The van der Waals surface area contributed by atoms with Gasteiger partial charge in [0, 0.05) is 11.6 Å². The predicted molar refractivity (Wildman–Crippen MR) is 78.3 cm³/mol. The zero-order valence-electron chi connectivity index (χ0n) is 12.4. The lowest BCUT2D eigenvalue weighted by atomic mass is 9.84. The fourth-order valence-corrected chi connectivity index (χ4v) is 2.78. The molecular formula is C16H20NO3+. The van der Waals surface area contributed by atoms with E-state index in [9.17, 15) is 9.59 Å². The van der Waals surface area contributed by atoms with E-state index < -0.39 is 0 Å². The molecule has 0 saturated heterocycles. The fraction of sp³-hybridized carbons (Fsp3) is 0.375. The summed E-state index contributed by atoms with van der Waals surface area (Å²) in [6, 6.07) is 5.33. The number of carbonyl (C=O) groups excluding carboxylic acids is 2. The Morgan fingerprint density at radius 3 is 2.65 bits per heavy atom. The molecule has 1 aliphatic rings. The van der Waals surface area contributed by atoms with Gasteiger partial charge in [0.15, 0.2) is 0 Å². The predicted octanol–water partition coefficient (Wildman–Crippen LogP) is 2.76. The van der Waals surface area contributed by atoms with E-state index in [0.29, 0.717) is 12.2 Å². The van der Waals surface area contributed by atoms with Crippen molar-refractivity contribution in [1.82, 2.24) is 4.48 Å². The Hall–Kier alpha value is -1.94. The van der Waals surface area contributed by atoms with Gasteiger partial charge < -0.3 is 4.74 Å². The number of ether oxygens (including phenoxy) is 1. The first-order chi connectivity index (χ1) is 9.29. The largest absolute Gasteiger partial charge is 0.462 e. The molecule has 1 amide bonds. The van der Waals surface area contributed by atoms with Gasteiger partial charge in [0.25, 0.3) is 0 Å². The van der Waals surface area contributed by atoms with E-state index in [4.69, 9.17) is 4.74 Å². The highest BCUT2D eigenvalue weighted by Gasteiger charge is 2.51. The van der Waals surface area contributed by atoms with Crippen LogP contribution < -0.4 is 4.48 Å². The molecule has 0 radical (unpaired) electrons. The van der Waals surface area contributed by atoms with Crippen molar-refractivity contribution in [2.45, 2.75) is 26.2 Å². The summed E-state index contributed by atoms with van der Waals surface area (Å²) in [6.45, 7) is 10.2. The number of fused-ring (bicyclic) bond motifs is 1. The molecule has 0 spiro atoms. The number of quaternary nitrogens is 1. The summed E-state index contributed by atoms with van der Waals surface area (Å²) in [5, 5.41) is 0. The Morgan fingerprint density at radius 1 is 1.45 bits per heavy atom. The van der Waals surface area contributed by atoms with Gasteiger partial charge in [-0.05, 0) is 39.5 Å². The molecule has 20 heavy (non-hydrogen) atoms. The number of hydrogen-bond donors (Lipinski definition) is 0. The van der Waals surface area contributed by atoms with Gasteiger partial charge >= 0.3 is 12.4 Å². The minimum absolute atomic E-state index is 0.0471. The van der Waals surface area contributed by atoms with E-state index in [1.807, 2.05) is 33.0 Å². The van der Waals surface area contributed by atoms with Crippen molar-refractivity contribution in [2.24, 2.45) is 0 Å². The number of hydrogen-bond acceptors (Lipinski definition) is 3. The van der Waals surface area contributed by atoms with Crippen LogP contribution in [0.5, 0.6) is 0 Å². The SMILES string of the molecule is C=C1C(C)(C)c2cc(C(=O)OCC)ccc2[N+]1(C)C=O. The normalized spacial score (nSPS) is 23.3. The summed E-state index contributed by atoms with van der Waals surface area (Å²) in [5.41, 5.74) is 2.74. The summed E-state index contributed by atoms with van der Waals surface area (Å²) in [4.78, 5) is 23.4. The third-order valence-electron chi connectivity index (χ3n) is 4.17. The molecule has 1 atom stereocenters. The highest BCUT2D eigenvalue weighted by Crippen LogP contribution is 2.50. The van der Waals surface area contributed by atoms with Crippen LogP contribution in [-0.4, -0.2) is 26.0 Å². The third kappa shape index (κ3) is 1.79. The molecule has 1 heterocycles. The van der Waals surface area contributed by atoms with Crippen LogP contribution in [0, 0.1) is 0 Å². The molecule has 0 saturated carbocycles. The van der Waals surface area contributed by atoms with E-state index in [1.165, 1.54) is 0 Å². The quantitative estimate of drug-likeness (QED) is 0.483. The standard InChI is InChI=1S/C16H20NO3/c1-6-20-15(19)12-7-8-14-13(9-12)16(3,4)11(2)17(14,5)10-18/h7-10H,2,6H2,1,3-5H3/q+1. The first kappa shape index (κ1) is 14.5. The van der Waals surface area contributed by atoms with Gasteiger partial charge in [0.05, 0.1) is 24.6 Å². The second kappa shape index (κ2) is 4.56. The van der Waals surface area contributed by atoms with Crippen LogP contribution >= 0.6 is 0 Å². The van der Waals surface area contributed by atoms with E-state index >= 15 is 0 Å². The highest BCUT2D eigenvalue weighted by molar-refractivity contribution is 5.92. The molecule has 1 aromatic rings. The van der Waals surface area contributed by atoms with Crippen molar-refractivity contribution in [2.75, 3.05) is 13.7 Å². The summed E-state index contributed by atoms with van der Waals surface area (Å²) >= 11 is 0. The molecule has 4 nitrogen and oxygen atoms in total. The van der Waals surface area contributed by atoms with Crippen LogP contribution in [0.3, 0.4) is 0 Å². The van der Waals surface area contributed by atoms with Crippen molar-refractivity contribution in [3.05, 3.63) is 41.6 Å². The minimum atomic E-state index is -0.368. The summed E-state index contributed by atoms with van der Waals surface area (Å²) in [6.07, 6.45) is 0.875. The third-order valence-corrected chi connectivity index (χ3v) is 4.17. The zero-order valence-corrected chi connectivity index (χ0v) is 12.4. The summed E-state index contributed by atoms with van der Waals surface area (Å²) < 4.78 is 5.07. The molecule has 106 valence electrons. The molecule has 1 unspecified atom stereocenters. The van der Waals surface area contributed by atoms with Gasteiger partial charge in [0.2, 0.25) is 0 Å². The maximum Gasteiger partial charge on any atom is 0.338 e. The number of esters is 1. The number of nitrogens with zero attached hydrogens (tertiary/aromatic N) is 1. The molecular weight excluding hydrogens is 254 g/mol. The average Bonchev–Trinajstić information content (AvgIpc) is 2.58. The minimum Gasteiger partial charge on any atom is -0.462 e. The van der Waals surface area contributed by atoms with Crippen LogP contribution in [0.2, 0.25) is 0 Å². The fourth-order valence-electron chi connectivity index (χ4n) is 2.78. The summed E-state index contributed by atoms with van der Waals surface area (Å²) in [7, 11) is 1.81. The van der Waals surface area contributed by atoms with Gasteiger partial charge in [-0.1, -0.05) is 0 Å². The molecule has 4 heteroatoms. The Morgan fingerprint density at radius 2 is 2.10 bits per heavy atom. The number of allylic oxidation sites excluding steroid dienone is 1. The van der Waals surface area contributed by atoms with Crippen molar-refractivity contribution < 1.29 is 14.3 Å². The molecule has 1 aliphatic heterocycles. The monoisotopic (exact) mass is 274 g/mol. The second-order valence-corrected chi connectivity index (χ2v) is 5.70. The van der Waals surface area contributed by atoms with E-state index in [0.717, 1.165) is 23.4 Å². The molecule has 2 rings (SSSR count). The van der Waals surface area contributed by atoms with Crippen molar-refractivity contribution in [3.63, 3.8) is 0 Å². The van der Waals surface area contributed by atoms with Gasteiger partial charge in [-0.3, -0.25) is 0 Å². The Bertz CT molecular complexity index is 604. The molecule has 1 aromatic carbocycles. The van der Waals surface area contributed by atoms with E-state index in [-0.39, 0.29) is 15.9 Å². The maximum atomic E-state index is 11.8. The lowest BCUT2D eigenvalue weighted by Gasteiger charge is -2.25. The van der Waals surface area contributed by atoms with Crippen molar-refractivity contribution in [3.8, 4) is 0 Å². The number of amides is 1. The molecule has 0 aliphatic carbocycles. The smallest absolute Gasteiger partial charge is 0.338 e. The van der Waals surface area contributed by atoms with Crippen molar-refractivity contribution in [1.29, 1.82) is 0 Å². The maximum absolute atomic E-state index is 11.8. The molecule has 0 bridgehead atoms. The van der Waals surface area contributed by atoms with Crippen LogP contribution in [0.1, 0.15) is 36.7 Å². The highest BCUT2D eigenvalue weighted by atomic mass is 16.5. The topological polar surface area (TPSA) is 43.4 Å². The van der Waals surface area contributed by atoms with Gasteiger partial charge in [-0.25, -0.2) is 14.1 Å². The Labute approximate surface area is 119 Å². The van der Waals surface area contributed by atoms with Crippen LogP contribution in [-0.2, 0) is 14.9 Å². The van der Waals surface area contributed by atoms with Gasteiger partial charge in [0.1, 0.15) is 11.4 Å². The number of carbonyl (C=O) groups is 2. The molecule has 0 N–H and O–H groups in total. The van der Waals surface area contributed by atoms with E-state index in [1.54, 1.807) is 13.0 Å². The Balaban J connectivity index is 2.61. The Kier molecular flexibility index (Phi) is 3.30. The van der Waals surface area contributed by atoms with Crippen LogP contribution in [0.4, 0.5) is 5.69 Å². The average molecular weight is 274 g/mol. The number of rotatable bonds is 3. The number of likely N-dealkylation sites (N-methyl/N-ethyl adjacent to an activating group) is 1. The first-order valence-electron chi connectivity index (χ1n) is 6.63. The van der Waals surface area contributed by atoms with Crippen LogP contribution in [0.25, 0.3) is 0 Å². The van der Waals surface area contributed by atoms with Crippen LogP contribution in [0.15, 0.2) is 30.5 Å². The number of benzene rings is 1. The lowest BCUT2D eigenvalue weighted by molar-refractivity contribution is -0.115. The van der Waals surface area contributed by atoms with Gasteiger partial charge in [-0.15, -0.1) is 0 Å². The molecule has 0 fully saturated rings. The van der Waals surface area contributed by atoms with Gasteiger partial charge in [-0.2, -0.15) is 0 Å². The lowest BCUT2D eigenvalue weighted by Crippen LogP contribution is -2.42. The first-order valence-corrected chi connectivity index (χ1v) is 6.63. The zero-order chi connectivity index (χ0) is 15.1. The van der Waals surface area contributed by atoms with Crippen molar-refractivity contribution >= 4 is 18.1 Å². The molecule has 0 aromatic heterocycles. The second-order valence-electron chi connectivity index (χ2n) is 5.70. The summed E-state index contributed by atoms with van der Waals surface area (Å²) in [5.74, 6) is -0.344.